The molecule has 0 saturated carbocycles. The summed E-state index contributed by atoms with van der Waals surface area (Å²) < 4.78 is 40.5. The Balaban J connectivity index is 2.70. The number of alkyl halides is 3. The summed E-state index contributed by atoms with van der Waals surface area (Å²) in [6.07, 6.45) is 1.78. The Morgan fingerprint density at radius 3 is 2.37 bits per heavy atom. The Bertz CT molecular complexity index is 579. The van der Waals surface area contributed by atoms with Crippen LogP contribution in [0.3, 0.4) is 0 Å². The lowest BCUT2D eigenvalue weighted by Gasteiger charge is -2.03. The van der Waals surface area contributed by atoms with Crippen molar-refractivity contribution in [3.05, 3.63) is 34.7 Å². The number of thiophene rings is 1. The van der Waals surface area contributed by atoms with Crippen LogP contribution in [0.4, 0.5) is 13.2 Å². The normalized spacial score (nSPS) is 13.5. The van der Waals surface area contributed by atoms with Gasteiger partial charge in [-0.25, -0.2) is 0 Å². The van der Waals surface area contributed by atoms with Gasteiger partial charge in [0.25, 0.3) is 0 Å². The highest BCUT2D eigenvalue weighted by molar-refractivity contribution is 7.38. The monoisotopic (exact) mass is 287 g/mol. The van der Waals surface area contributed by atoms with Gasteiger partial charge in [0, 0.05) is 23.4 Å². The minimum absolute atomic E-state index is 0.0769. The van der Waals surface area contributed by atoms with Crippen LogP contribution in [0, 0.1) is 0 Å². The van der Waals surface area contributed by atoms with Crippen LogP contribution in [0.25, 0.3) is 10.1 Å². The van der Waals surface area contributed by atoms with Crippen LogP contribution in [0.2, 0.25) is 0 Å². The van der Waals surface area contributed by atoms with E-state index in [1.165, 1.54) is 0 Å². The van der Waals surface area contributed by atoms with E-state index in [-0.39, 0.29) is 5.92 Å². The molecule has 19 heavy (non-hydrogen) atoms. The smallest absolute Gasteiger partial charge is 0.118 e. The molecule has 0 fully saturated rings. The number of hydrogen-bond acceptors (Lipinski definition) is 0. The average molecular weight is 287 g/mol. The van der Waals surface area contributed by atoms with E-state index < -0.39 is 16.0 Å². The van der Waals surface area contributed by atoms with Crippen molar-refractivity contribution in [1.82, 2.24) is 0 Å². The maximum absolute atomic E-state index is 13.3. The Labute approximate surface area is 114 Å². The van der Waals surface area contributed by atoms with Gasteiger partial charge in [-0.05, 0) is 18.1 Å². The fourth-order valence-corrected chi connectivity index (χ4v) is 4.44. The predicted octanol–water partition coefficient (Wildman–Crippen LogP) is 6.14. The Morgan fingerprint density at radius 1 is 1.16 bits per heavy atom. The molecule has 1 atom stereocenters. The van der Waals surface area contributed by atoms with Crippen molar-refractivity contribution in [2.45, 2.75) is 45.0 Å². The molecule has 0 aliphatic heterocycles. The number of hydrogen-bond donors (Lipinski definition) is 0. The van der Waals surface area contributed by atoms with Gasteiger partial charge in [0.2, 0.25) is 0 Å². The summed E-state index contributed by atoms with van der Waals surface area (Å²) in [7, 11) is -1.74. The molecule has 0 bridgehead atoms. The molecular formula is C15H18F3S+. The first-order valence-corrected chi connectivity index (χ1v) is 7.72. The summed E-state index contributed by atoms with van der Waals surface area (Å²) in [6, 6.07) is 7.26. The van der Waals surface area contributed by atoms with Crippen molar-refractivity contribution in [3.63, 3.8) is 0 Å². The number of rotatable bonds is 3. The molecule has 1 heterocycles. The SMILES string of the molecule is CCCc1ccc2cc(C(C)C)[s+](C(F)(F)F)c2c1. The Morgan fingerprint density at radius 2 is 1.84 bits per heavy atom. The first-order valence-electron chi connectivity index (χ1n) is 6.50. The highest BCUT2D eigenvalue weighted by atomic mass is 32.2. The lowest BCUT2D eigenvalue weighted by molar-refractivity contribution is -0.0868. The molecule has 4 heteroatoms. The summed E-state index contributed by atoms with van der Waals surface area (Å²) in [5, 5.41) is 0.740. The molecule has 1 aromatic carbocycles. The zero-order valence-corrected chi connectivity index (χ0v) is 12.2. The van der Waals surface area contributed by atoms with Crippen molar-refractivity contribution in [1.29, 1.82) is 0 Å². The van der Waals surface area contributed by atoms with Crippen LogP contribution < -0.4 is 0 Å². The average Bonchev–Trinajstić information content (AvgIpc) is 2.67. The van der Waals surface area contributed by atoms with Gasteiger partial charge in [-0.3, -0.25) is 0 Å². The third kappa shape index (κ3) is 2.78. The van der Waals surface area contributed by atoms with Gasteiger partial charge in [0.05, 0.1) is 10.5 Å². The fraction of sp³-hybridized carbons (Fsp3) is 0.467. The van der Waals surface area contributed by atoms with Crippen molar-refractivity contribution in [2.24, 2.45) is 0 Å². The zero-order chi connectivity index (χ0) is 14.2. The molecule has 0 aliphatic rings. The van der Waals surface area contributed by atoms with E-state index in [2.05, 4.69) is 0 Å². The quantitative estimate of drug-likeness (QED) is 0.595. The summed E-state index contributed by atoms with van der Waals surface area (Å²) in [5.74, 6) is -0.0769. The van der Waals surface area contributed by atoms with Crippen LogP contribution in [0.5, 0.6) is 0 Å². The number of fused-ring (bicyclic) bond motifs is 1. The molecule has 2 rings (SSSR count). The number of halogens is 3. The van der Waals surface area contributed by atoms with Gasteiger partial charge in [-0.1, -0.05) is 33.3 Å². The molecule has 104 valence electrons. The van der Waals surface area contributed by atoms with E-state index in [0.717, 1.165) is 23.8 Å². The highest BCUT2D eigenvalue weighted by Crippen LogP contribution is 2.53. The van der Waals surface area contributed by atoms with Crippen LogP contribution in [0.15, 0.2) is 24.3 Å². The van der Waals surface area contributed by atoms with Gasteiger partial charge in [0.1, 0.15) is 0 Å². The molecular weight excluding hydrogens is 269 g/mol. The molecule has 0 amide bonds. The van der Waals surface area contributed by atoms with Crippen LogP contribution in [-0.4, -0.2) is 0 Å². The van der Waals surface area contributed by atoms with Gasteiger partial charge >= 0.3 is 5.51 Å². The minimum atomic E-state index is -4.17. The largest absolute Gasteiger partial charge is 0.600 e. The summed E-state index contributed by atoms with van der Waals surface area (Å²) in [6.45, 7) is 5.70. The zero-order valence-electron chi connectivity index (χ0n) is 11.3. The van der Waals surface area contributed by atoms with Gasteiger partial charge in [-0.15, -0.1) is 13.2 Å². The van der Waals surface area contributed by atoms with Crippen molar-refractivity contribution < 1.29 is 13.2 Å². The molecule has 0 radical (unpaired) electrons. The second-order valence-corrected chi connectivity index (χ2v) is 7.06. The predicted molar refractivity (Wildman–Crippen MR) is 75.8 cm³/mol. The molecule has 1 aromatic heterocycles. The van der Waals surface area contributed by atoms with Crippen molar-refractivity contribution in [2.75, 3.05) is 0 Å². The fourth-order valence-electron chi connectivity index (χ4n) is 2.32. The van der Waals surface area contributed by atoms with Crippen LogP contribution >= 0.6 is 10.5 Å². The lowest BCUT2D eigenvalue weighted by Crippen LogP contribution is -1.99. The Hall–Kier alpha value is -1.03. The highest BCUT2D eigenvalue weighted by Gasteiger charge is 2.48. The summed E-state index contributed by atoms with van der Waals surface area (Å²) in [5.41, 5.74) is -3.17. The van der Waals surface area contributed by atoms with Gasteiger partial charge in [0.15, 0.2) is 9.58 Å². The first kappa shape index (κ1) is 14.4. The lowest BCUT2D eigenvalue weighted by atomic mass is 10.1. The molecule has 0 spiro atoms. The molecule has 0 saturated heterocycles. The minimum Gasteiger partial charge on any atom is -0.118 e. The topological polar surface area (TPSA) is 0 Å². The van der Waals surface area contributed by atoms with E-state index in [9.17, 15) is 13.2 Å². The second-order valence-electron chi connectivity index (χ2n) is 5.08. The maximum atomic E-state index is 13.3. The van der Waals surface area contributed by atoms with Crippen LogP contribution in [0.1, 0.15) is 43.6 Å². The van der Waals surface area contributed by atoms with E-state index in [1.807, 2.05) is 32.9 Å². The number of aryl methyl sites for hydroxylation is 1. The van der Waals surface area contributed by atoms with E-state index in [4.69, 9.17) is 0 Å². The molecule has 0 aliphatic carbocycles. The Kier molecular flexibility index (Phi) is 3.90. The van der Waals surface area contributed by atoms with Crippen molar-refractivity contribution in [3.8, 4) is 0 Å². The molecule has 0 N–H and O–H groups in total. The van der Waals surface area contributed by atoms with Crippen molar-refractivity contribution >= 4 is 20.6 Å². The van der Waals surface area contributed by atoms with Gasteiger partial charge in [-0.2, -0.15) is 0 Å². The maximum Gasteiger partial charge on any atom is 0.600 e. The van der Waals surface area contributed by atoms with E-state index in [1.54, 1.807) is 12.1 Å². The second kappa shape index (κ2) is 5.16. The van der Waals surface area contributed by atoms with E-state index >= 15 is 0 Å². The molecule has 0 nitrogen and oxygen atoms in total. The standard InChI is InChI=1S/C15H18F3S/c1-4-5-11-6-7-12-9-13(10(2)3)19(14(12)8-11)15(16,17)18/h6-10H,4-5H2,1-3H3/q+1. The third-order valence-electron chi connectivity index (χ3n) is 3.17. The molecule has 2 aromatic rings. The first-order chi connectivity index (χ1) is 8.84. The summed E-state index contributed by atoms with van der Waals surface area (Å²) in [4.78, 5) is 0.510. The molecule has 1 unspecified atom stereocenters. The summed E-state index contributed by atoms with van der Waals surface area (Å²) >= 11 is 0. The van der Waals surface area contributed by atoms with Gasteiger partial charge < -0.3 is 0 Å². The van der Waals surface area contributed by atoms with Crippen LogP contribution in [-0.2, 0) is 11.9 Å². The van der Waals surface area contributed by atoms with E-state index in [0.29, 0.717) is 9.58 Å². The number of benzene rings is 1. The third-order valence-corrected chi connectivity index (χ3v) is 5.49.